The Balaban J connectivity index is 1.60. The van der Waals surface area contributed by atoms with Crippen molar-refractivity contribution >= 4 is 11.6 Å². The van der Waals surface area contributed by atoms with Gasteiger partial charge in [-0.3, -0.25) is 0 Å². The highest BCUT2D eigenvalue weighted by molar-refractivity contribution is 5.63. The molecule has 6 nitrogen and oxygen atoms in total. The molecule has 164 valence electrons. The molecule has 0 unspecified atom stereocenters. The van der Waals surface area contributed by atoms with Gasteiger partial charge in [0, 0.05) is 23.5 Å². The number of methoxy groups -OCH3 is 1. The summed E-state index contributed by atoms with van der Waals surface area (Å²) in [6, 6.07) is 17.7. The van der Waals surface area contributed by atoms with Crippen molar-refractivity contribution in [2.24, 2.45) is 0 Å². The van der Waals surface area contributed by atoms with Crippen molar-refractivity contribution in [2.45, 2.75) is 27.2 Å². The number of nitrogens with zero attached hydrogens (tertiary/aromatic N) is 3. The molecule has 0 aliphatic rings. The average molecular weight is 421 g/mol. The first kappa shape index (κ1) is 22.6. The van der Waals surface area contributed by atoms with Gasteiger partial charge < -0.3 is 19.7 Å². The van der Waals surface area contributed by atoms with E-state index in [1.54, 1.807) is 7.11 Å². The standard InChI is InChI=1S/C25H32N4O2/c1-5-29(6-2)16-7-17-31-23-14-10-21(11-15-23)27-25-26-19(3)18-24(28-25)20-8-12-22(30-4)13-9-20/h8-15,18H,5-7,16-17H2,1-4H3,(H,26,27,28). The van der Waals surface area contributed by atoms with E-state index in [0.717, 1.165) is 66.8 Å². The second-order valence-electron chi connectivity index (χ2n) is 7.32. The summed E-state index contributed by atoms with van der Waals surface area (Å²) in [5.74, 6) is 2.26. The van der Waals surface area contributed by atoms with Gasteiger partial charge in [0.1, 0.15) is 11.5 Å². The van der Waals surface area contributed by atoms with Gasteiger partial charge in [-0.2, -0.15) is 0 Å². The molecule has 0 atom stereocenters. The SMILES string of the molecule is CCN(CC)CCCOc1ccc(Nc2nc(C)cc(-c3ccc(OC)cc3)n2)cc1. The Morgan fingerprint density at radius 1 is 0.903 bits per heavy atom. The second-order valence-corrected chi connectivity index (χ2v) is 7.32. The summed E-state index contributed by atoms with van der Waals surface area (Å²) < 4.78 is 11.1. The third-order valence-corrected chi connectivity index (χ3v) is 5.13. The molecule has 0 spiro atoms. The molecule has 0 saturated heterocycles. The van der Waals surface area contributed by atoms with Crippen LogP contribution in [-0.4, -0.2) is 48.2 Å². The van der Waals surface area contributed by atoms with Gasteiger partial charge in [-0.25, -0.2) is 9.97 Å². The molecular weight excluding hydrogens is 388 g/mol. The number of rotatable bonds is 11. The number of aromatic nitrogens is 2. The Hall–Kier alpha value is -3.12. The van der Waals surface area contributed by atoms with Crippen LogP contribution in [0.5, 0.6) is 11.5 Å². The Bertz CT molecular complexity index is 939. The molecule has 1 heterocycles. The zero-order valence-electron chi connectivity index (χ0n) is 18.9. The van der Waals surface area contributed by atoms with Crippen LogP contribution in [0.1, 0.15) is 26.0 Å². The number of benzene rings is 2. The number of hydrogen-bond acceptors (Lipinski definition) is 6. The maximum absolute atomic E-state index is 5.87. The number of ether oxygens (including phenoxy) is 2. The van der Waals surface area contributed by atoms with Crippen molar-refractivity contribution < 1.29 is 9.47 Å². The van der Waals surface area contributed by atoms with Crippen LogP contribution in [-0.2, 0) is 0 Å². The Kier molecular flexibility index (Phi) is 8.24. The van der Waals surface area contributed by atoms with Crippen LogP contribution in [0.2, 0.25) is 0 Å². The van der Waals surface area contributed by atoms with Crippen LogP contribution in [0.15, 0.2) is 54.6 Å². The first-order valence-corrected chi connectivity index (χ1v) is 10.8. The number of aryl methyl sites for hydroxylation is 1. The third kappa shape index (κ3) is 6.69. The van der Waals surface area contributed by atoms with Crippen molar-refractivity contribution in [3.05, 3.63) is 60.3 Å². The minimum absolute atomic E-state index is 0.568. The molecule has 0 aliphatic carbocycles. The van der Waals surface area contributed by atoms with Crippen molar-refractivity contribution in [3.63, 3.8) is 0 Å². The van der Waals surface area contributed by atoms with Crippen LogP contribution in [0.25, 0.3) is 11.3 Å². The normalized spacial score (nSPS) is 10.9. The van der Waals surface area contributed by atoms with Gasteiger partial charge in [-0.15, -0.1) is 0 Å². The predicted molar refractivity (Wildman–Crippen MR) is 126 cm³/mol. The van der Waals surface area contributed by atoms with E-state index < -0.39 is 0 Å². The van der Waals surface area contributed by atoms with Crippen LogP contribution in [0.3, 0.4) is 0 Å². The molecule has 1 aromatic heterocycles. The number of hydrogen-bond donors (Lipinski definition) is 1. The molecule has 0 aliphatic heterocycles. The lowest BCUT2D eigenvalue weighted by Gasteiger charge is -2.17. The van der Waals surface area contributed by atoms with Gasteiger partial charge >= 0.3 is 0 Å². The fourth-order valence-corrected chi connectivity index (χ4v) is 3.32. The minimum Gasteiger partial charge on any atom is -0.497 e. The first-order chi connectivity index (χ1) is 15.1. The zero-order valence-corrected chi connectivity index (χ0v) is 18.9. The average Bonchev–Trinajstić information content (AvgIpc) is 2.80. The summed E-state index contributed by atoms with van der Waals surface area (Å²) in [4.78, 5) is 11.6. The van der Waals surface area contributed by atoms with Gasteiger partial charge in [0.25, 0.3) is 0 Å². The molecule has 0 bridgehead atoms. The van der Waals surface area contributed by atoms with E-state index in [-0.39, 0.29) is 0 Å². The first-order valence-electron chi connectivity index (χ1n) is 10.8. The third-order valence-electron chi connectivity index (χ3n) is 5.13. The molecule has 6 heteroatoms. The lowest BCUT2D eigenvalue weighted by molar-refractivity contribution is 0.249. The largest absolute Gasteiger partial charge is 0.497 e. The molecule has 0 amide bonds. The molecule has 0 saturated carbocycles. The molecule has 0 radical (unpaired) electrons. The van der Waals surface area contributed by atoms with Crippen LogP contribution in [0.4, 0.5) is 11.6 Å². The van der Waals surface area contributed by atoms with Gasteiger partial charge in [0.05, 0.1) is 19.4 Å². The maximum Gasteiger partial charge on any atom is 0.227 e. The molecule has 2 aromatic carbocycles. The molecule has 3 aromatic rings. The fraction of sp³-hybridized carbons (Fsp3) is 0.360. The number of nitrogens with one attached hydrogen (secondary N) is 1. The molecule has 0 fully saturated rings. The highest BCUT2D eigenvalue weighted by atomic mass is 16.5. The Labute approximate surface area is 185 Å². The highest BCUT2D eigenvalue weighted by Gasteiger charge is 2.06. The molecule has 3 rings (SSSR count). The summed E-state index contributed by atoms with van der Waals surface area (Å²) >= 11 is 0. The van der Waals surface area contributed by atoms with Gasteiger partial charge in [-0.05, 0) is 81.0 Å². The summed E-state index contributed by atoms with van der Waals surface area (Å²) in [7, 11) is 1.66. The van der Waals surface area contributed by atoms with E-state index in [0.29, 0.717) is 5.95 Å². The number of anilines is 2. The highest BCUT2D eigenvalue weighted by Crippen LogP contribution is 2.24. The minimum atomic E-state index is 0.568. The molecule has 1 N–H and O–H groups in total. The fourth-order valence-electron chi connectivity index (χ4n) is 3.32. The van der Waals surface area contributed by atoms with Crippen LogP contribution < -0.4 is 14.8 Å². The topological polar surface area (TPSA) is 59.5 Å². The summed E-state index contributed by atoms with van der Waals surface area (Å²) in [5.41, 5.74) is 3.70. The van der Waals surface area contributed by atoms with E-state index in [4.69, 9.17) is 9.47 Å². The van der Waals surface area contributed by atoms with Crippen LogP contribution in [0, 0.1) is 6.92 Å². The smallest absolute Gasteiger partial charge is 0.227 e. The quantitative estimate of drug-likeness (QED) is 0.424. The summed E-state index contributed by atoms with van der Waals surface area (Å²) in [6.45, 7) is 10.3. The van der Waals surface area contributed by atoms with Crippen LogP contribution >= 0.6 is 0 Å². The van der Waals surface area contributed by atoms with E-state index in [1.165, 1.54) is 0 Å². The second kappa shape index (κ2) is 11.3. The Morgan fingerprint density at radius 3 is 2.23 bits per heavy atom. The van der Waals surface area contributed by atoms with E-state index in [9.17, 15) is 0 Å². The van der Waals surface area contributed by atoms with E-state index in [2.05, 4.69) is 34.0 Å². The van der Waals surface area contributed by atoms with Crippen molar-refractivity contribution in [1.82, 2.24) is 14.9 Å². The predicted octanol–water partition coefficient (Wildman–Crippen LogP) is 5.31. The van der Waals surface area contributed by atoms with E-state index >= 15 is 0 Å². The van der Waals surface area contributed by atoms with Crippen molar-refractivity contribution in [2.75, 3.05) is 38.7 Å². The lowest BCUT2D eigenvalue weighted by atomic mass is 10.1. The lowest BCUT2D eigenvalue weighted by Crippen LogP contribution is -2.25. The molecule has 31 heavy (non-hydrogen) atoms. The summed E-state index contributed by atoms with van der Waals surface area (Å²) in [5, 5.41) is 3.29. The van der Waals surface area contributed by atoms with Gasteiger partial charge in [0.2, 0.25) is 5.95 Å². The summed E-state index contributed by atoms with van der Waals surface area (Å²) in [6.07, 6.45) is 1.02. The Morgan fingerprint density at radius 2 is 1.58 bits per heavy atom. The van der Waals surface area contributed by atoms with Crippen molar-refractivity contribution in [1.29, 1.82) is 0 Å². The molecular formula is C25H32N4O2. The van der Waals surface area contributed by atoms with Crippen molar-refractivity contribution in [3.8, 4) is 22.8 Å². The maximum atomic E-state index is 5.87. The van der Waals surface area contributed by atoms with Gasteiger partial charge in [0.15, 0.2) is 0 Å². The van der Waals surface area contributed by atoms with E-state index in [1.807, 2.05) is 61.5 Å². The van der Waals surface area contributed by atoms with Gasteiger partial charge in [-0.1, -0.05) is 13.8 Å². The zero-order chi connectivity index (χ0) is 22.1. The monoisotopic (exact) mass is 420 g/mol.